The van der Waals surface area contributed by atoms with Crippen LogP contribution >= 0.6 is 0 Å². The van der Waals surface area contributed by atoms with E-state index in [1.54, 1.807) is 4.90 Å². The van der Waals surface area contributed by atoms with Crippen LogP contribution in [-0.4, -0.2) is 46.9 Å². The molecule has 1 fully saturated rings. The first kappa shape index (κ1) is 16.2. The molecule has 19 heavy (non-hydrogen) atoms. The number of nitrogens with two attached hydrogens (primary N) is 1. The van der Waals surface area contributed by atoms with Gasteiger partial charge in [-0.25, -0.2) is 4.79 Å². The fraction of sp³-hybridized carbons (Fsp3) is 0.929. The molecule has 0 radical (unpaired) electrons. The molecule has 3 N–H and O–H groups in total. The molecule has 1 aliphatic heterocycles. The van der Waals surface area contributed by atoms with E-state index in [-0.39, 0.29) is 18.1 Å². The van der Waals surface area contributed by atoms with Gasteiger partial charge in [-0.1, -0.05) is 6.92 Å². The average molecular weight is 272 g/mol. The number of rotatable bonds is 3. The van der Waals surface area contributed by atoms with E-state index in [2.05, 4.69) is 0 Å². The summed E-state index contributed by atoms with van der Waals surface area (Å²) < 4.78 is 5.34. The molecule has 5 nitrogen and oxygen atoms in total. The Bertz CT molecular complexity index is 294. The molecule has 1 aliphatic rings. The smallest absolute Gasteiger partial charge is 0.410 e. The Morgan fingerprint density at radius 2 is 1.95 bits per heavy atom. The van der Waals surface area contributed by atoms with Gasteiger partial charge in [0.15, 0.2) is 0 Å². The van der Waals surface area contributed by atoms with Crippen molar-refractivity contribution in [3.63, 3.8) is 0 Å². The lowest BCUT2D eigenvalue weighted by molar-refractivity contribution is 0.00406. The normalized spacial score (nSPS) is 21.1. The monoisotopic (exact) mass is 272 g/mol. The molecule has 0 aromatic heterocycles. The van der Waals surface area contributed by atoms with Gasteiger partial charge in [0.1, 0.15) is 5.60 Å². The molecule has 1 amide bonds. The van der Waals surface area contributed by atoms with Crippen molar-refractivity contribution in [2.24, 2.45) is 11.7 Å². The number of piperidine rings is 1. The van der Waals surface area contributed by atoms with Gasteiger partial charge in [0.05, 0.1) is 6.10 Å². The second-order valence-electron chi connectivity index (χ2n) is 6.37. The molecular weight excluding hydrogens is 244 g/mol. The van der Waals surface area contributed by atoms with Crippen molar-refractivity contribution in [2.45, 2.75) is 64.7 Å². The molecule has 1 rings (SSSR count). The van der Waals surface area contributed by atoms with Crippen LogP contribution in [0.5, 0.6) is 0 Å². The van der Waals surface area contributed by atoms with Gasteiger partial charge in [-0.3, -0.25) is 0 Å². The van der Waals surface area contributed by atoms with Crippen molar-refractivity contribution in [1.82, 2.24) is 4.90 Å². The summed E-state index contributed by atoms with van der Waals surface area (Å²) in [5.41, 5.74) is 5.41. The Morgan fingerprint density at radius 3 is 2.37 bits per heavy atom. The van der Waals surface area contributed by atoms with Crippen LogP contribution in [0, 0.1) is 5.92 Å². The second-order valence-corrected chi connectivity index (χ2v) is 6.37. The zero-order valence-electron chi connectivity index (χ0n) is 12.6. The van der Waals surface area contributed by atoms with Crippen molar-refractivity contribution >= 4 is 6.09 Å². The van der Waals surface area contributed by atoms with Crippen molar-refractivity contribution in [2.75, 3.05) is 13.1 Å². The molecule has 2 atom stereocenters. The molecule has 112 valence electrons. The second kappa shape index (κ2) is 6.57. The summed E-state index contributed by atoms with van der Waals surface area (Å²) in [6, 6.07) is -0.168. The molecule has 0 bridgehead atoms. The minimum atomic E-state index is -0.467. The van der Waals surface area contributed by atoms with Gasteiger partial charge < -0.3 is 20.5 Å². The first-order valence-electron chi connectivity index (χ1n) is 7.16. The Morgan fingerprint density at radius 1 is 1.42 bits per heavy atom. The first-order valence-corrected chi connectivity index (χ1v) is 7.16. The van der Waals surface area contributed by atoms with Crippen molar-refractivity contribution in [3.8, 4) is 0 Å². The Hall–Kier alpha value is -0.810. The van der Waals surface area contributed by atoms with Crippen LogP contribution in [0.3, 0.4) is 0 Å². The number of hydrogen-bond donors (Lipinski definition) is 2. The number of carbonyl (C=O) groups excluding carboxylic acids is 1. The fourth-order valence-corrected chi connectivity index (χ4v) is 2.34. The maximum absolute atomic E-state index is 11.9. The lowest BCUT2D eigenvalue weighted by Crippen LogP contribution is -2.47. The van der Waals surface area contributed by atoms with Crippen molar-refractivity contribution < 1.29 is 14.6 Å². The van der Waals surface area contributed by atoms with Gasteiger partial charge in [-0.15, -0.1) is 0 Å². The number of nitrogens with zero attached hydrogens (tertiary/aromatic N) is 1. The lowest BCUT2D eigenvalue weighted by Gasteiger charge is -2.36. The van der Waals surface area contributed by atoms with Gasteiger partial charge in [0.2, 0.25) is 0 Å². The molecule has 0 aliphatic carbocycles. The van der Waals surface area contributed by atoms with Crippen LogP contribution in [0.1, 0.15) is 47.0 Å². The van der Waals surface area contributed by atoms with E-state index in [4.69, 9.17) is 10.5 Å². The van der Waals surface area contributed by atoms with E-state index in [0.717, 1.165) is 19.3 Å². The third-order valence-corrected chi connectivity index (χ3v) is 3.58. The fourth-order valence-electron chi connectivity index (χ4n) is 2.34. The summed E-state index contributed by atoms with van der Waals surface area (Å²) in [6.45, 7) is 8.83. The third kappa shape index (κ3) is 4.99. The molecule has 0 aromatic carbocycles. The van der Waals surface area contributed by atoms with Crippen LogP contribution < -0.4 is 5.73 Å². The maximum atomic E-state index is 11.9. The van der Waals surface area contributed by atoms with E-state index < -0.39 is 11.7 Å². The molecule has 1 heterocycles. The predicted molar refractivity (Wildman–Crippen MR) is 74.8 cm³/mol. The van der Waals surface area contributed by atoms with Crippen LogP contribution in [0.25, 0.3) is 0 Å². The van der Waals surface area contributed by atoms with Gasteiger partial charge in [0, 0.05) is 19.1 Å². The molecule has 0 unspecified atom stereocenters. The number of likely N-dealkylation sites (tertiary alicyclic amines) is 1. The molecule has 0 aromatic rings. The first-order chi connectivity index (χ1) is 8.74. The van der Waals surface area contributed by atoms with E-state index >= 15 is 0 Å². The zero-order valence-corrected chi connectivity index (χ0v) is 12.6. The SMILES string of the molecule is CC[C@@H](N)[C@@H](O)C1CCN(C(=O)OC(C)(C)C)CC1. The summed E-state index contributed by atoms with van der Waals surface area (Å²) in [7, 11) is 0. The number of aliphatic hydroxyl groups excluding tert-OH is 1. The minimum absolute atomic E-state index is 0.168. The molecule has 1 saturated heterocycles. The lowest BCUT2D eigenvalue weighted by atomic mass is 9.87. The van der Waals surface area contributed by atoms with Gasteiger partial charge in [-0.05, 0) is 46.0 Å². The summed E-state index contributed by atoms with van der Waals surface area (Å²) in [5, 5.41) is 10.1. The number of ether oxygens (including phenoxy) is 1. The highest BCUT2D eigenvalue weighted by atomic mass is 16.6. The molecule has 5 heteroatoms. The number of aliphatic hydroxyl groups is 1. The van der Waals surface area contributed by atoms with E-state index in [1.165, 1.54) is 0 Å². The quantitative estimate of drug-likeness (QED) is 0.820. The summed E-state index contributed by atoms with van der Waals surface area (Å²) in [6.07, 6.45) is 1.61. The summed E-state index contributed by atoms with van der Waals surface area (Å²) in [4.78, 5) is 13.6. The number of hydrogen-bond acceptors (Lipinski definition) is 4. The van der Waals surface area contributed by atoms with Gasteiger partial charge >= 0.3 is 6.09 Å². The van der Waals surface area contributed by atoms with Crippen LogP contribution in [-0.2, 0) is 4.74 Å². The molecular formula is C14H28N2O3. The van der Waals surface area contributed by atoms with E-state index in [1.807, 2.05) is 27.7 Å². The van der Waals surface area contributed by atoms with Crippen molar-refractivity contribution in [3.05, 3.63) is 0 Å². The van der Waals surface area contributed by atoms with Crippen LogP contribution in [0.2, 0.25) is 0 Å². The van der Waals surface area contributed by atoms with E-state index in [9.17, 15) is 9.90 Å². The standard InChI is InChI=1S/C14H28N2O3/c1-5-11(15)12(17)10-6-8-16(9-7-10)13(18)19-14(2,3)4/h10-12,17H,5-9,15H2,1-4H3/t11-,12+/m1/s1. The van der Waals surface area contributed by atoms with Crippen molar-refractivity contribution in [1.29, 1.82) is 0 Å². The Kier molecular flexibility index (Phi) is 5.62. The summed E-state index contributed by atoms with van der Waals surface area (Å²) >= 11 is 0. The average Bonchev–Trinajstić information content (AvgIpc) is 2.35. The molecule has 0 saturated carbocycles. The van der Waals surface area contributed by atoms with Crippen LogP contribution in [0.15, 0.2) is 0 Å². The highest BCUT2D eigenvalue weighted by molar-refractivity contribution is 5.68. The highest BCUT2D eigenvalue weighted by Gasteiger charge is 2.31. The van der Waals surface area contributed by atoms with E-state index in [0.29, 0.717) is 13.1 Å². The Labute approximate surface area is 116 Å². The third-order valence-electron chi connectivity index (χ3n) is 3.58. The Balaban J connectivity index is 2.42. The predicted octanol–water partition coefficient (Wildman–Crippen LogP) is 1.73. The topological polar surface area (TPSA) is 75.8 Å². The highest BCUT2D eigenvalue weighted by Crippen LogP contribution is 2.24. The number of amides is 1. The van der Waals surface area contributed by atoms with Gasteiger partial charge in [0.25, 0.3) is 0 Å². The summed E-state index contributed by atoms with van der Waals surface area (Å²) in [5.74, 6) is 0.189. The maximum Gasteiger partial charge on any atom is 0.410 e. The molecule has 0 spiro atoms. The minimum Gasteiger partial charge on any atom is -0.444 e. The van der Waals surface area contributed by atoms with Crippen LogP contribution in [0.4, 0.5) is 4.79 Å². The van der Waals surface area contributed by atoms with Gasteiger partial charge in [-0.2, -0.15) is 0 Å². The number of carbonyl (C=O) groups is 1. The zero-order chi connectivity index (χ0) is 14.6. The largest absolute Gasteiger partial charge is 0.444 e.